The predicted molar refractivity (Wildman–Crippen MR) is 104 cm³/mol. The van der Waals surface area contributed by atoms with Crippen molar-refractivity contribution < 1.29 is 9.90 Å². The molecule has 28 heavy (non-hydrogen) atoms. The number of aromatic nitrogens is 4. The van der Waals surface area contributed by atoms with Gasteiger partial charge in [-0.25, -0.2) is 4.98 Å². The molecule has 0 saturated carbocycles. The van der Waals surface area contributed by atoms with Crippen molar-refractivity contribution in [2.45, 2.75) is 26.8 Å². The van der Waals surface area contributed by atoms with Crippen LogP contribution in [-0.2, 0) is 6.54 Å². The van der Waals surface area contributed by atoms with Crippen LogP contribution in [-0.4, -0.2) is 79.9 Å². The van der Waals surface area contributed by atoms with Gasteiger partial charge < -0.3 is 14.9 Å². The molecule has 2 fully saturated rings. The largest absolute Gasteiger partial charge is 0.396 e. The van der Waals surface area contributed by atoms with Crippen molar-refractivity contribution in [1.29, 1.82) is 0 Å². The van der Waals surface area contributed by atoms with Crippen LogP contribution in [0.15, 0.2) is 24.8 Å². The molecule has 2 aromatic heterocycles. The average Bonchev–Trinajstić information content (AvgIpc) is 3.34. The van der Waals surface area contributed by atoms with Gasteiger partial charge in [0.2, 0.25) is 0 Å². The van der Waals surface area contributed by atoms with Gasteiger partial charge in [-0.3, -0.25) is 14.5 Å². The average molecular weight is 384 g/mol. The number of fused-ring (bicyclic) bond motifs is 1. The topological polar surface area (TPSA) is 87.4 Å². The number of hydrogen-bond acceptors (Lipinski definition) is 6. The van der Waals surface area contributed by atoms with E-state index in [4.69, 9.17) is 0 Å². The summed E-state index contributed by atoms with van der Waals surface area (Å²) in [6, 6.07) is 0. The summed E-state index contributed by atoms with van der Waals surface area (Å²) >= 11 is 0. The Kier molecular flexibility index (Phi) is 5.16. The molecule has 0 bridgehead atoms. The lowest BCUT2D eigenvalue weighted by Gasteiger charge is -2.27. The van der Waals surface area contributed by atoms with Gasteiger partial charge in [-0.05, 0) is 38.3 Å². The molecule has 0 aromatic carbocycles. The number of hydrogen-bond donors (Lipinski definition) is 1. The monoisotopic (exact) mass is 384 g/mol. The van der Waals surface area contributed by atoms with Crippen LogP contribution >= 0.6 is 0 Å². The van der Waals surface area contributed by atoms with Crippen molar-refractivity contribution in [2.75, 3.05) is 39.3 Å². The van der Waals surface area contributed by atoms with Crippen molar-refractivity contribution >= 4 is 5.91 Å². The lowest BCUT2D eigenvalue weighted by Crippen LogP contribution is -2.39. The first-order valence-electron chi connectivity index (χ1n) is 9.89. The van der Waals surface area contributed by atoms with E-state index in [2.05, 4.69) is 26.2 Å². The molecule has 2 aliphatic rings. The summed E-state index contributed by atoms with van der Waals surface area (Å²) in [6.07, 6.45) is 8.13. The third kappa shape index (κ3) is 3.66. The number of likely N-dealkylation sites (tertiary alicyclic amines) is 2. The second kappa shape index (κ2) is 7.60. The van der Waals surface area contributed by atoms with Crippen molar-refractivity contribution in [2.24, 2.45) is 11.3 Å². The van der Waals surface area contributed by atoms with Gasteiger partial charge in [0.25, 0.3) is 5.91 Å². The molecule has 0 spiro atoms. The molecule has 8 nitrogen and oxygen atoms in total. The first-order valence-corrected chi connectivity index (χ1v) is 9.89. The number of aliphatic hydroxyl groups is 1. The third-order valence-electron chi connectivity index (χ3n) is 6.06. The molecule has 4 heterocycles. The Labute approximate surface area is 165 Å². The Morgan fingerprint density at radius 3 is 2.68 bits per heavy atom. The Morgan fingerprint density at radius 2 is 2.04 bits per heavy atom. The van der Waals surface area contributed by atoms with E-state index in [9.17, 15) is 9.90 Å². The number of aliphatic hydroxyl groups excluding tert-OH is 1. The number of carbonyl (C=O) groups excluding carboxylic acids is 1. The van der Waals surface area contributed by atoms with E-state index in [1.165, 1.54) is 5.56 Å². The summed E-state index contributed by atoms with van der Waals surface area (Å²) in [7, 11) is 0. The van der Waals surface area contributed by atoms with E-state index in [0.29, 0.717) is 24.7 Å². The minimum Gasteiger partial charge on any atom is -0.396 e. The molecule has 0 radical (unpaired) electrons. The molecule has 2 atom stereocenters. The van der Waals surface area contributed by atoms with Crippen LogP contribution in [0.1, 0.15) is 28.2 Å². The number of carbonyl (C=O) groups is 1. The molecule has 1 N–H and O–H groups in total. The normalized spacial score (nSPS) is 24.7. The Morgan fingerprint density at radius 1 is 1.18 bits per heavy atom. The molecule has 0 aliphatic carbocycles. The highest BCUT2D eigenvalue weighted by Gasteiger charge is 2.53. The second-order valence-corrected chi connectivity index (χ2v) is 8.32. The number of nitrogens with zero attached hydrogens (tertiary/aromatic N) is 6. The summed E-state index contributed by atoms with van der Waals surface area (Å²) in [5.41, 5.74) is 2.13. The predicted octanol–water partition coefficient (Wildman–Crippen LogP) is 0.747. The molecule has 1 amide bonds. The standard InChI is InChI=1S/C20H28N6O2/c1-15-6-23-26(9-15)5-3-4-24-10-17-11-25(13-20(17,12-24)14-27)19(28)18-8-21-16(2)7-22-18/h6-9,17,27H,3-5,10-14H2,1-2H3. The van der Waals surface area contributed by atoms with Gasteiger partial charge in [0, 0.05) is 50.5 Å². The van der Waals surface area contributed by atoms with E-state index in [-0.39, 0.29) is 17.9 Å². The quantitative estimate of drug-likeness (QED) is 0.791. The zero-order valence-electron chi connectivity index (χ0n) is 16.6. The molecule has 4 rings (SSSR count). The molecule has 2 unspecified atom stereocenters. The van der Waals surface area contributed by atoms with Crippen LogP contribution in [0.3, 0.4) is 0 Å². The molecule has 2 aliphatic heterocycles. The van der Waals surface area contributed by atoms with Gasteiger partial charge >= 0.3 is 0 Å². The van der Waals surface area contributed by atoms with Gasteiger partial charge in [0.1, 0.15) is 5.69 Å². The van der Waals surface area contributed by atoms with E-state index in [1.54, 1.807) is 12.4 Å². The van der Waals surface area contributed by atoms with Gasteiger partial charge in [-0.2, -0.15) is 5.10 Å². The summed E-state index contributed by atoms with van der Waals surface area (Å²) in [4.78, 5) is 25.4. The molecule has 150 valence electrons. The van der Waals surface area contributed by atoms with Crippen molar-refractivity contribution in [3.8, 4) is 0 Å². The lowest BCUT2D eigenvalue weighted by atomic mass is 9.82. The minimum absolute atomic E-state index is 0.0877. The summed E-state index contributed by atoms with van der Waals surface area (Å²) in [5.74, 6) is 0.210. The molecular weight excluding hydrogens is 356 g/mol. The summed E-state index contributed by atoms with van der Waals surface area (Å²) < 4.78 is 1.98. The van der Waals surface area contributed by atoms with Crippen LogP contribution in [0.5, 0.6) is 0 Å². The van der Waals surface area contributed by atoms with Gasteiger partial charge in [0.05, 0.1) is 24.7 Å². The number of aryl methyl sites for hydroxylation is 3. The summed E-state index contributed by atoms with van der Waals surface area (Å²) in [5, 5.41) is 14.5. The molecule has 2 saturated heterocycles. The molecular formula is C20H28N6O2. The molecule has 2 aromatic rings. The second-order valence-electron chi connectivity index (χ2n) is 8.32. The highest BCUT2D eigenvalue weighted by molar-refractivity contribution is 5.92. The van der Waals surface area contributed by atoms with E-state index < -0.39 is 0 Å². The zero-order chi connectivity index (χ0) is 19.7. The fraction of sp³-hybridized carbons (Fsp3) is 0.600. The van der Waals surface area contributed by atoms with Crippen LogP contribution in [0, 0.1) is 25.2 Å². The smallest absolute Gasteiger partial charge is 0.274 e. The van der Waals surface area contributed by atoms with E-state index in [0.717, 1.165) is 38.3 Å². The third-order valence-corrected chi connectivity index (χ3v) is 6.06. The number of amides is 1. The van der Waals surface area contributed by atoms with Gasteiger partial charge in [-0.1, -0.05) is 0 Å². The lowest BCUT2D eigenvalue weighted by molar-refractivity contribution is 0.0714. The van der Waals surface area contributed by atoms with Gasteiger partial charge in [0.15, 0.2) is 0 Å². The van der Waals surface area contributed by atoms with Crippen molar-refractivity contribution in [3.63, 3.8) is 0 Å². The maximum absolute atomic E-state index is 12.8. The van der Waals surface area contributed by atoms with Crippen LogP contribution in [0.2, 0.25) is 0 Å². The first-order chi connectivity index (χ1) is 13.5. The van der Waals surface area contributed by atoms with Crippen LogP contribution in [0.25, 0.3) is 0 Å². The first kappa shape index (κ1) is 19.0. The summed E-state index contributed by atoms with van der Waals surface area (Å²) in [6.45, 7) is 8.89. The van der Waals surface area contributed by atoms with Crippen molar-refractivity contribution in [3.05, 3.63) is 41.7 Å². The fourth-order valence-electron chi connectivity index (χ4n) is 4.55. The van der Waals surface area contributed by atoms with E-state index >= 15 is 0 Å². The SMILES string of the molecule is Cc1cnn(CCCN2CC3CN(C(=O)c4cnc(C)cn4)CC3(CO)C2)c1. The van der Waals surface area contributed by atoms with Crippen molar-refractivity contribution in [1.82, 2.24) is 29.5 Å². The van der Waals surface area contributed by atoms with Crippen LogP contribution < -0.4 is 0 Å². The van der Waals surface area contributed by atoms with E-state index in [1.807, 2.05) is 29.6 Å². The minimum atomic E-state index is -0.226. The maximum atomic E-state index is 12.8. The fourth-order valence-corrected chi connectivity index (χ4v) is 4.55. The Balaban J connectivity index is 1.33. The van der Waals surface area contributed by atoms with Gasteiger partial charge in [-0.15, -0.1) is 0 Å². The number of rotatable bonds is 6. The van der Waals surface area contributed by atoms with Crippen LogP contribution in [0.4, 0.5) is 0 Å². The highest BCUT2D eigenvalue weighted by atomic mass is 16.3. The molecule has 8 heteroatoms. The zero-order valence-corrected chi connectivity index (χ0v) is 16.6. The Hall–Kier alpha value is -2.32. The highest BCUT2D eigenvalue weighted by Crippen LogP contribution is 2.42. The maximum Gasteiger partial charge on any atom is 0.274 e. The Bertz CT molecular complexity index is 835.